The van der Waals surface area contributed by atoms with Crippen LogP contribution in [0, 0.1) is 0 Å². The molecule has 1 N–H and O–H groups in total. The molecule has 2 aromatic rings. The first-order chi connectivity index (χ1) is 15.0. The summed E-state index contributed by atoms with van der Waals surface area (Å²) in [5, 5.41) is 10.7. The third kappa shape index (κ3) is 4.53. The van der Waals surface area contributed by atoms with Gasteiger partial charge in [-0.25, -0.2) is 4.98 Å². The number of rotatable bonds is 3. The minimum atomic E-state index is -5.38. The van der Waals surface area contributed by atoms with Crippen molar-refractivity contribution in [1.82, 2.24) is 4.98 Å². The second-order valence-electron chi connectivity index (χ2n) is 7.55. The third-order valence-corrected chi connectivity index (χ3v) is 6.36. The predicted molar refractivity (Wildman–Crippen MR) is 103 cm³/mol. The summed E-state index contributed by atoms with van der Waals surface area (Å²) in [6.45, 7) is 1.29. The summed E-state index contributed by atoms with van der Waals surface area (Å²) in [6.07, 6.45) is -19.0. The van der Waals surface area contributed by atoms with Crippen LogP contribution in [0.25, 0.3) is 0 Å². The molecule has 182 valence electrons. The van der Waals surface area contributed by atoms with Crippen LogP contribution < -0.4 is 4.90 Å². The highest BCUT2D eigenvalue weighted by Crippen LogP contribution is 2.53. The molecule has 1 aromatic heterocycles. The van der Waals surface area contributed by atoms with E-state index >= 15 is 0 Å². The summed E-state index contributed by atoms with van der Waals surface area (Å²) >= 11 is 3.16. The Morgan fingerprint density at radius 2 is 1.55 bits per heavy atom. The number of nitrogens with zero attached hydrogens (tertiary/aromatic N) is 2. The fraction of sp³-hybridized carbons (Fsp3) is 0.450. The van der Waals surface area contributed by atoms with Crippen LogP contribution in [-0.2, 0) is 24.2 Å². The number of benzene rings is 1. The Kier molecular flexibility index (Phi) is 6.46. The molecule has 0 saturated carbocycles. The molecule has 0 radical (unpaired) electrons. The van der Waals surface area contributed by atoms with Crippen molar-refractivity contribution in [2.24, 2.45) is 0 Å². The van der Waals surface area contributed by atoms with Crippen LogP contribution in [-0.4, -0.2) is 29.0 Å². The Bertz CT molecular complexity index is 1000. The van der Waals surface area contributed by atoms with E-state index in [1.807, 2.05) is 0 Å². The van der Waals surface area contributed by atoms with Gasteiger partial charge in [0, 0.05) is 6.54 Å². The Balaban J connectivity index is 2.20. The normalized spacial score (nSPS) is 22.2. The highest BCUT2D eigenvalue weighted by atomic mass is 79.9. The predicted octanol–water partition coefficient (Wildman–Crippen LogP) is 6.47. The van der Waals surface area contributed by atoms with E-state index in [1.165, 1.54) is 6.07 Å². The smallest absolute Gasteiger partial charge is 0.372 e. The Hall–Kier alpha value is -2.02. The van der Waals surface area contributed by atoms with E-state index in [2.05, 4.69) is 20.9 Å². The lowest BCUT2D eigenvalue weighted by atomic mass is 9.76. The number of aliphatic hydroxyl groups is 1. The van der Waals surface area contributed by atoms with Crippen molar-refractivity contribution in [3.63, 3.8) is 0 Å². The Labute approximate surface area is 190 Å². The first-order valence-corrected chi connectivity index (χ1v) is 10.3. The van der Waals surface area contributed by atoms with Gasteiger partial charge in [-0.3, -0.25) is 0 Å². The lowest BCUT2D eigenvalue weighted by Gasteiger charge is -2.37. The van der Waals surface area contributed by atoms with Crippen molar-refractivity contribution in [2.75, 3.05) is 11.4 Å². The van der Waals surface area contributed by atoms with Crippen molar-refractivity contribution < 1.29 is 44.6 Å². The van der Waals surface area contributed by atoms with Gasteiger partial charge in [-0.15, -0.1) is 0 Å². The van der Waals surface area contributed by atoms with Gasteiger partial charge in [0.15, 0.2) is 0 Å². The zero-order chi connectivity index (χ0) is 25.0. The molecule has 2 unspecified atom stereocenters. The fourth-order valence-corrected chi connectivity index (χ4v) is 4.48. The van der Waals surface area contributed by atoms with E-state index in [0.717, 1.165) is 4.90 Å². The summed E-state index contributed by atoms with van der Waals surface area (Å²) in [5.74, 6) is -0.110. The van der Waals surface area contributed by atoms with E-state index < -0.39 is 59.8 Å². The first kappa shape index (κ1) is 25.6. The first-order valence-electron chi connectivity index (χ1n) is 9.49. The largest absolute Gasteiger partial charge is 0.416 e. The monoisotopic (exact) mass is 550 g/mol. The second-order valence-corrected chi connectivity index (χ2v) is 8.30. The van der Waals surface area contributed by atoms with Gasteiger partial charge in [0.1, 0.15) is 22.1 Å². The molecule has 0 amide bonds. The van der Waals surface area contributed by atoms with E-state index in [9.17, 15) is 44.6 Å². The summed E-state index contributed by atoms with van der Waals surface area (Å²) in [7, 11) is 0. The number of hydrogen-bond donors (Lipinski definition) is 1. The van der Waals surface area contributed by atoms with Crippen LogP contribution in [0.15, 0.2) is 34.9 Å². The topological polar surface area (TPSA) is 36.4 Å². The van der Waals surface area contributed by atoms with Crippen molar-refractivity contribution in [3.05, 3.63) is 57.2 Å². The van der Waals surface area contributed by atoms with E-state index in [1.54, 1.807) is 13.0 Å². The standard InChI is InChI=1S/C20H16BrF9N2O/c1-2-10-3-4-14(31-15(10)21)32-6-5-17(16(32)33,20(28,29)30)11-7-12(18(22,23)24)9-13(8-11)19(25,26)27/h3-4,7-9,16,33H,2,5-6H2,1H3. The molecule has 1 saturated heterocycles. The molecule has 1 aromatic carbocycles. The Morgan fingerprint density at radius 1 is 1.00 bits per heavy atom. The minimum absolute atomic E-state index is 0.0129. The molecule has 3 nitrogen and oxygen atoms in total. The van der Waals surface area contributed by atoms with Crippen molar-refractivity contribution in [2.45, 2.75) is 49.9 Å². The van der Waals surface area contributed by atoms with Crippen LogP contribution in [0.4, 0.5) is 45.3 Å². The minimum Gasteiger partial charge on any atom is -0.372 e. The lowest BCUT2D eigenvalue weighted by molar-refractivity contribution is -0.211. The van der Waals surface area contributed by atoms with Gasteiger partial charge in [0.25, 0.3) is 0 Å². The highest BCUT2D eigenvalue weighted by molar-refractivity contribution is 9.10. The van der Waals surface area contributed by atoms with Crippen LogP contribution in [0.3, 0.4) is 0 Å². The summed E-state index contributed by atoms with van der Waals surface area (Å²) in [4.78, 5) is 4.90. The number of aromatic nitrogens is 1. The maximum absolute atomic E-state index is 14.3. The number of pyridine rings is 1. The average Bonchev–Trinajstić information content (AvgIpc) is 3.04. The molecule has 1 aliphatic rings. The summed E-state index contributed by atoms with van der Waals surface area (Å²) in [6, 6.07) is 2.64. The number of aliphatic hydroxyl groups excluding tert-OH is 1. The molecule has 2 atom stereocenters. The van der Waals surface area contributed by atoms with Crippen molar-refractivity contribution in [3.8, 4) is 0 Å². The second kappa shape index (κ2) is 8.33. The number of alkyl halides is 9. The zero-order valence-electron chi connectivity index (χ0n) is 16.7. The third-order valence-electron chi connectivity index (χ3n) is 5.68. The number of aryl methyl sites for hydroxylation is 1. The van der Waals surface area contributed by atoms with Gasteiger partial charge in [0.2, 0.25) is 0 Å². The average molecular weight is 551 g/mol. The molecule has 33 heavy (non-hydrogen) atoms. The lowest BCUT2D eigenvalue weighted by Crippen LogP contribution is -2.52. The van der Waals surface area contributed by atoms with Gasteiger partial charge >= 0.3 is 18.5 Å². The molecule has 1 aliphatic heterocycles. The molecule has 0 aliphatic carbocycles. The van der Waals surface area contributed by atoms with Gasteiger partial charge in [0.05, 0.1) is 11.1 Å². The highest BCUT2D eigenvalue weighted by Gasteiger charge is 2.65. The van der Waals surface area contributed by atoms with Crippen LogP contribution in [0.2, 0.25) is 0 Å². The molecular weight excluding hydrogens is 535 g/mol. The van der Waals surface area contributed by atoms with Gasteiger partial charge < -0.3 is 10.0 Å². The molecular formula is C20H16BrF9N2O. The van der Waals surface area contributed by atoms with Crippen LogP contribution in [0.5, 0.6) is 0 Å². The van der Waals surface area contributed by atoms with Crippen molar-refractivity contribution in [1.29, 1.82) is 0 Å². The van der Waals surface area contributed by atoms with Crippen LogP contribution >= 0.6 is 15.9 Å². The summed E-state index contributed by atoms with van der Waals surface area (Å²) < 4.78 is 123. The van der Waals surface area contributed by atoms with E-state index in [-0.39, 0.29) is 28.6 Å². The quantitative estimate of drug-likeness (QED) is 0.351. The number of anilines is 1. The van der Waals surface area contributed by atoms with E-state index in [0.29, 0.717) is 12.0 Å². The maximum Gasteiger partial charge on any atom is 0.416 e. The van der Waals surface area contributed by atoms with Crippen molar-refractivity contribution >= 4 is 21.7 Å². The molecule has 2 heterocycles. The number of hydrogen-bond acceptors (Lipinski definition) is 3. The molecule has 13 heteroatoms. The van der Waals surface area contributed by atoms with E-state index in [4.69, 9.17) is 0 Å². The zero-order valence-corrected chi connectivity index (χ0v) is 18.3. The summed E-state index contributed by atoms with van der Waals surface area (Å²) in [5.41, 5.74) is -7.81. The van der Waals surface area contributed by atoms with Gasteiger partial charge in [-0.2, -0.15) is 39.5 Å². The van der Waals surface area contributed by atoms with Gasteiger partial charge in [-0.1, -0.05) is 13.0 Å². The fourth-order valence-electron chi connectivity index (χ4n) is 3.89. The molecule has 1 fully saturated rings. The molecule has 3 rings (SSSR count). The maximum atomic E-state index is 14.3. The number of halogens is 10. The molecule has 0 bridgehead atoms. The Morgan fingerprint density at radius 3 is 1.97 bits per heavy atom. The molecule has 0 spiro atoms. The van der Waals surface area contributed by atoms with Crippen LogP contribution in [0.1, 0.15) is 35.6 Å². The van der Waals surface area contributed by atoms with Gasteiger partial charge in [-0.05, 0) is 64.2 Å². The SMILES string of the molecule is CCc1ccc(N2CCC(c3cc(C(F)(F)F)cc(C(F)(F)F)c3)(C(F)(F)F)C2O)nc1Br.